The van der Waals surface area contributed by atoms with E-state index in [4.69, 9.17) is 5.73 Å². The van der Waals surface area contributed by atoms with Crippen molar-refractivity contribution in [3.8, 4) is 0 Å². The monoisotopic (exact) mass is 251 g/mol. The highest BCUT2D eigenvalue weighted by Crippen LogP contribution is 2.36. The predicted octanol–water partition coefficient (Wildman–Crippen LogP) is 1.02. The first-order valence-corrected chi connectivity index (χ1v) is 6.08. The number of carbonyl (C=O) groups is 2. The van der Waals surface area contributed by atoms with Gasteiger partial charge in [0.05, 0.1) is 17.5 Å². The van der Waals surface area contributed by atoms with Crippen LogP contribution >= 0.6 is 11.8 Å². The second kappa shape index (κ2) is 4.67. The first-order chi connectivity index (χ1) is 8.06. The van der Waals surface area contributed by atoms with E-state index in [1.165, 1.54) is 11.8 Å². The second-order valence-corrected chi connectivity index (χ2v) is 5.16. The average Bonchev–Trinajstić information content (AvgIpc) is 2.28. The molecular weight excluding hydrogens is 238 g/mol. The maximum atomic E-state index is 11.5. The molecule has 0 aromatic heterocycles. The topological polar surface area (TPSA) is 84.2 Å². The van der Waals surface area contributed by atoms with Gasteiger partial charge in [-0.2, -0.15) is 0 Å². The van der Waals surface area contributed by atoms with E-state index in [1.807, 2.05) is 19.1 Å². The summed E-state index contributed by atoms with van der Waals surface area (Å²) >= 11 is 1.52. The van der Waals surface area contributed by atoms with E-state index < -0.39 is 5.91 Å². The first kappa shape index (κ1) is 11.8. The van der Waals surface area contributed by atoms with Gasteiger partial charge < -0.3 is 16.4 Å². The van der Waals surface area contributed by atoms with Crippen LogP contribution in [-0.4, -0.2) is 23.6 Å². The molecule has 2 amide bonds. The number of amides is 2. The van der Waals surface area contributed by atoms with Crippen molar-refractivity contribution in [2.75, 3.05) is 17.2 Å². The third kappa shape index (κ3) is 2.71. The van der Waals surface area contributed by atoms with E-state index >= 15 is 0 Å². The highest BCUT2D eigenvalue weighted by Gasteiger charge is 2.22. The summed E-state index contributed by atoms with van der Waals surface area (Å²) in [4.78, 5) is 23.2. The number of anilines is 2. The zero-order chi connectivity index (χ0) is 12.4. The Bertz CT molecular complexity index is 476. The summed E-state index contributed by atoms with van der Waals surface area (Å²) in [7, 11) is 0. The molecule has 90 valence electrons. The van der Waals surface area contributed by atoms with Crippen LogP contribution in [0.15, 0.2) is 23.1 Å². The molecule has 6 heteroatoms. The largest absolute Gasteiger partial charge is 0.376 e. The zero-order valence-corrected chi connectivity index (χ0v) is 10.1. The smallest absolute Gasteiger partial charge is 0.237 e. The molecule has 1 aliphatic heterocycles. The summed E-state index contributed by atoms with van der Waals surface area (Å²) in [5.41, 5.74) is 6.58. The van der Waals surface area contributed by atoms with Crippen LogP contribution in [0.4, 0.5) is 11.4 Å². The molecule has 5 nitrogen and oxygen atoms in total. The van der Waals surface area contributed by atoms with E-state index in [2.05, 4.69) is 10.6 Å². The van der Waals surface area contributed by atoms with E-state index in [1.54, 1.807) is 6.07 Å². The van der Waals surface area contributed by atoms with Crippen molar-refractivity contribution in [2.24, 2.45) is 5.73 Å². The number of thioether (sulfide) groups is 1. The first-order valence-electron chi connectivity index (χ1n) is 5.20. The van der Waals surface area contributed by atoms with Gasteiger partial charge in [0.25, 0.3) is 0 Å². The van der Waals surface area contributed by atoms with Crippen LogP contribution in [0.1, 0.15) is 6.92 Å². The Morgan fingerprint density at radius 3 is 3.06 bits per heavy atom. The minimum atomic E-state index is -0.422. The molecule has 1 aromatic rings. The molecule has 1 aliphatic rings. The molecule has 0 saturated heterocycles. The highest BCUT2D eigenvalue weighted by molar-refractivity contribution is 8.00. The summed E-state index contributed by atoms with van der Waals surface area (Å²) in [5.74, 6) is -0.427. The Labute approximate surface area is 103 Å². The molecule has 0 aliphatic carbocycles. The summed E-state index contributed by atoms with van der Waals surface area (Å²) in [6, 6.07) is 5.58. The number of rotatable bonds is 3. The van der Waals surface area contributed by atoms with Crippen LogP contribution in [0.2, 0.25) is 0 Å². The van der Waals surface area contributed by atoms with Crippen molar-refractivity contribution in [1.82, 2.24) is 0 Å². The van der Waals surface area contributed by atoms with E-state index in [9.17, 15) is 9.59 Å². The average molecular weight is 251 g/mol. The molecule has 1 atom stereocenters. The van der Waals surface area contributed by atoms with Gasteiger partial charge in [-0.25, -0.2) is 0 Å². The lowest BCUT2D eigenvalue weighted by atomic mass is 10.2. The molecule has 0 spiro atoms. The molecule has 17 heavy (non-hydrogen) atoms. The van der Waals surface area contributed by atoms with Gasteiger partial charge in [-0.05, 0) is 25.1 Å². The molecule has 1 heterocycles. The number of nitrogens with one attached hydrogen (secondary N) is 2. The number of fused-ring (bicyclic) bond motifs is 1. The Balaban J connectivity index is 2.17. The number of nitrogens with two attached hydrogens (primary N) is 1. The lowest BCUT2D eigenvalue weighted by Gasteiger charge is -2.22. The molecule has 1 aromatic carbocycles. The summed E-state index contributed by atoms with van der Waals surface area (Å²) in [6.07, 6.45) is 0. The van der Waals surface area contributed by atoms with Crippen LogP contribution in [0, 0.1) is 0 Å². The van der Waals surface area contributed by atoms with Crippen LogP contribution in [0.5, 0.6) is 0 Å². The summed E-state index contributed by atoms with van der Waals surface area (Å²) < 4.78 is 0. The van der Waals surface area contributed by atoms with Crippen LogP contribution in [-0.2, 0) is 9.59 Å². The lowest BCUT2D eigenvalue weighted by Crippen LogP contribution is -2.26. The van der Waals surface area contributed by atoms with Gasteiger partial charge >= 0.3 is 0 Å². The fourth-order valence-electron chi connectivity index (χ4n) is 1.51. The maximum absolute atomic E-state index is 11.5. The Morgan fingerprint density at radius 1 is 1.59 bits per heavy atom. The van der Waals surface area contributed by atoms with Gasteiger partial charge in [0.2, 0.25) is 11.8 Å². The third-order valence-corrected chi connectivity index (χ3v) is 3.55. The van der Waals surface area contributed by atoms with Crippen molar-refractivity contribution in [3.63, 3.8) is 0 Å². The second-order valence-electron chi connectivity index (χ2n) is 3.78. The van der Waals surface area contributed by atoms with E-state index in [0.717, 1.165) is 16.3 Å². The quantitative estimate of drug-likeness (QED) is 0.748. The minimum absolute atomic E-state index is 0.00505. The normalized spacial score (nSPS) is 18.2. The van der Waals surface area contributed by atoms with Gasteiger partial charge in [0.1, 0.15) is 0 Å². The molecule has 2 rings (SSSR count). The maximum Gasteiger partial charge on any atom is 0.237 e. The van der Waals surface area contributed by atoms with Crippen LogP contribution < -0.4 is 16.4 Å². The highest BCUT2D eigenvalue weighted by atomic mass is 32.2. The number of benzene rings is 1. The SMILES string of the molecule is CC1Sc2ccc(NCC(N)=O)cc2NC1=O. The fourth-order valence-corrected chi connectivity index (χ4v) is 2.44. The van der Waals surface area contributed by atoms with Crippen LogP contribution in [0.3, 0.4) is 0 Å². The molecular formula is C11H13N3O2S. The Morgan fingerprint density at radius 2 is 2.35 bits per heavy atom. The van der Waals surface area contributed by atoms with Gasteiger partial charge in [0, 0.05) is 10.6 Å². The number of primary amides is 1. The lowest BCUT2D eigenvalue weighted by molar-refractivity contribution is -0.116. The summed E-state index contributed by atoms with van der Waals surface area (Å²) in [6.45, 7) is 1.94. The Kier molecular flexibility index (Phi) is 3.23. The zero-order valence-electron chi connectivity index (χ0n) is 9.32. The number of carbonyl (C=O) groups excluding carboxylic acids is 2. The molecule has 0 saturated carbocycles. The molecule has 1 unspecified atom stereocenters. The van der Waals surface area contributed by atoms with Gasteiger partial charge in [-0.3, -0.25) is 9.59 Å². The summed E-state index contributed by atoms with van der Waals surface area (Å²) in [5, 5.41) is 5.63. The standard InChI is InChI=1S/C11H13N3O2S/c1-6-11(16)14-8-4-7(13-5-10(12)15)2-3-9(8)17-6/h2-4,6,13H,5H2,1H3,(H2,12,15)(H,14,16). The minimum Gasteiger partial charge on any atom is -0.376 e. The van der Waals surface area contributed by atoms with Crippen molar-refractivity contribution >= 4 is 35.0 Å². The number of hydrogen-bond donors (Lipinski definition) is 3. The fraction of sp³-hybridized carbons (Fsp3) is 0.273. The van der Waals surface area contributed by atoms with Crippen molar-refractivity contribution in [1.29, 1.82) is 0 Å². The van der Waals surface area contributed by atoms with Crippen molar-refractivity contribution in [3.05, 3.63) is 18.2 Å². The van der Waals surface area contributed by atoms with Gasteiger partial charge in [-0.15, -0.1) is 11.8 Å². The van der Waals surface area contributed by atoms with Crippen molar-refractivity contribution in [2.45, 2.75) is 17.1 Å². The molecule has 0 bridgehead atoms. The van der Waals surface area contributed by atoms with Gasteiger partial charge in [-0.1, -0.05) is 0 Å². The van der Waals surface area contributed by atoms with Crippen LogP contribution in [0.25, 0.3) is 0 Å². The van der Waals surface area contributed by atoms with Crippen molar-refractivity contribution < 1.29 is 9.59 Å². The molecule has 4 N–H and O–H groups in total. The molecule has 0 fully saturated rings. The third-order valence-electron chi connectivity index (χ3n) is 2.38. The molecule has 0 radical (unpaired) electrons. The van der Waals surface area contributed by atoms with E-state index in [0.29, 0.717) is 0 Å². The Hall–Kier alpha value is -1.69. The predicted molar refractivity (Wildman–Crippen MR) is 68.1 cm³/mol. The van der Waals surface area contributed by atoms with E-state index in [-0.39, 0.29) is 17.7 Å². The van der Waals surface area contributed by atoms with Gasteiger partial charge in [0.15, 0.2) is 0 Å². The number of hydrogen-bond acceptors (Lipinski definition) is 4.